The van der Waals surface area contributed by atoms with Crippen molar-refractivity contribution in [2.24, 2.45) is 0 Å². The molecule has 0 bridgehead atoms. The van der Waals surface area contributed by atoms with Gasteiger partial charge in [-0.2, -0.15) is 0 Å². The minimum atomic E-state index is -0.895. The van der Waals surface area contributed by atoms with Gasteiger partial charge in [-0.05, 0) is 54.4 Å². The molecule has 140 valence electrons. The van der Waals surface area contributed by atoms with Crippen LogP contribution in [-0.2, 0) is 16.6 Å². The fourth-order valence-electron chi connectivity index (χ4n) is 2.91. The van der Waals surface area contributed by atoms with E-state index in [4.69, 9.17) is 4.74 Å². The molecule has 26 heavy (non-hydrogen) atoms. The van der Waals surface area contributed by atoms with Crippen molar-refractivity contribution in [2.45, 2.75) is 64.4 Å². The van der Waals surface area contributed by atoms with Crippen LogP contribution in [0.25, 0.3) is 0 Å². The van der Waals surface area contributed by atoms with Gasteiger partial charge in [0.05, 0.1) is 0 Å². The smallest absolute Gasteiger partial charge is 0.344 e. The number of aryl methyl sites for hydroxylation is 1. The molecule has 0 amide bonds. The fraction of sp³-hybridized carbons (Fsp3) is 0.435. The third-order valence-electron chi connectivity index (χ3n) is 4.55. The van der Waals surface area contributed by atoms with Crippen LogP contribution >= 0.6 is 0 Å². The molecule has 0 aliphatic carbocycles. The quantitative estimate of drug-likeness (QED) is 0.595. The molecule has 3 heteroatoms. The van der Waals surface area contributed by atoms with Crippen LogP contribution in [0.3, 0.4) is 0 Å². The van der Waals surface area contributed by atoms with E-state index >= 15 is 0 Å². The Morgan fingerprint density at radius 1 is 0.962 bits per heavy atom. The van der Waals surface area contributed by atoms with E-state index in [1.54, 1.807) is 0 Å². The third-order valence-corrected chi connectivity index (χ3v) is 4.55. The van der Waals surface area contributed by atoms with Crippen molar-refractivity contribution >= 4 is 5.97 Å². The standard InChI is InChI=1S/C23H30O3/c1-23(2,3)19-14-16-20(17-15-19)26-21(22(24)25)13-9-5-8-12-18-10-6-4-7-11-18/h4,6-7,10-11,14-17,21H,5,8-9,12-13H2,1-3H3,(H,24,25). The minimum absolute atomic E-state index is 0.0729. The van der Waals surface area contributed by atoms with Crippen molar-refractivity contribution < 1.29 is 14.6 Å². The zero-order valence-electron chi connectivity index (χ0n) is 16.1. The molecule has 0 aromatic heterocycles. The average molecular weight is 354 g/mol. The van der Waals surface area contributed by atoms with E-state index in [-0.39, 0.29) is 5.41 Å². The summed E-state index contributed by atoms with van der Waals surface area (Å²) in [6, 6.07) is 18.1. The van der Waals surface area contributed by atoms with Crippen LogP contribution in [0, 0.1) is 0 Å². The number of benzene rings is 2. The molecule has 1 atom stereocenters. The van der Waals surface area contributed by atoms with Crippen LogP contribution in [0.15, 0.2) is 54.6 Å². The van der Waals surface area contributed by atoms with Gasteiger partial charge in [-0.25, -0.2) is 4.79 Å². The zero-order valence-corrected chi connectivity index (χ0v) is 16.1. The van der Waals surface area contributed by atoms with Gasteiger partial charge in [-0.15, -0.1) is 0 Å². The van der Waals surface area contributed by atoms with E-state index in [0.29, 0.717) is 12.2 Å². The van der Waals surface area contributed by atoms with Crippen molar-refractivity contribution in [2.75, 3.05) is 0 Å². The minimum Gasteiger partial charge on any atom is -0.479 e. The first-order valence-corrected chi connectivity index (χ1v) is 9.40. The summed E-state index contributed by atoms with van der Waals surface area (Å²) in [6.07, 6.45) is 3.71. The van der Waals surface area contributed by atoms with E-state index in [2.05, 4.69) is 45.0 Å². The van der Waals surface area contributed by atoms with Crippen molar-refractivity contribution in [1.29, 1.82) is 0 Å². The Balaban J connectivity index is 1.78. The third kappa shape index (κ3) is 6.55. The van der Waals surface area contributed by atoms with Gasteiger partial charge in [-0.1, -0.05) is 69.7 Å². The van der Waals surface area contributed by atoms with Crippen LogP contribution in [0.5, 0.6) is 5.75 Å². The lowest BCUT2D eigenvalue weighted by Gasteiger charge is -2.20. The molecule has 0 aliphatic rings. The van der Waals surface area contributed by atoms with Crippen molar-refractivity contribution in [1.82, 2.24) is 0 Å². The molecule has 0 fully saturated rings. The molecule has 0 saturated carbocycles. The maximum absolute atomic E-state index is 11.5. The second-order valence-electron chi connectivity index (χ2n) is 7.80. The van der Waals surface area contributed by atoms with Crippen molar-refractivity contribution in [3.05, 3.63) is 65.7 Å². The van der Waals surface area contributed by atoms with Crippen LogP contribution in [0.2, 0.25) is 0 Å². The lowest BCUT2D eigenvalue weighted by atomic mass is 9.87. The highest BCUT2D eigenvalue weighted by Crippen LogP contribution is 2.25. The molecular weight excluding hydrogens is 324 g/mol. The number of ether oxygens (including phenoxy) is 1. The monoisotopic (exact) mass is 354 g/mol. The lowest BCUT2D eigenvalue weighted by Crippen LogP contribution is -2.27. The lowest BCUT2D eigenvalue weighted by molar-refractivity contribution is -0.145. The first-order valence-electron chi connectivity index (χ1n) is 9.40. The highest BCUT2D eigenvalue weighted by Gasteiger charge is 2.19. The van der Waals surface area contributed by atoms with Crippen LogP contribution in [-0.4, -0.2) is 17.2 Å². The molecule has 0 spiro atoms. The second kappa shape index (κ2) is 9.42. The summed E-state index contributed by atoms with van der Waals surface area (Å²) < 4.78 is 5.71. The Morgan fingerprint density at radius 2 is 1.62 bits per heavy atom. The molecule has 0 radical (unpaired) electrons. The van der Waals surface area contributed by atoms with E-state index in [0.717, 1.165) is 25.7 Å². The molecule has 1 N–H and O–H groups in total. The Morgan fingerprint density at radius 3 is 2.19 bits per heavy atom. The van der Waals surface area contributed by atoms with Gasteiger partial charge in [-0.3, -0.25) is 0 Å². The maximum Gasteiger partial charge on any atom is 0.344 e. The summed E-state index contributed by atoms with van der Waals surface area (Å²) in [5, 5.41) is 9.43. The zero-order chi connectivity index (χ0) is 19.0. The second-order valence-corrected chi connectivity index (χ2v) is 7.80. The largest absolute Gasteiger partial charge is 0.479 e. The summed E-state index contributed by atoms with van der Waals surface area (Å²) in [6.45, 7) is 6.45. The van der Waals surface area contributed by atoms with Gasteiger partial charge in [0.2, 0.25) is 0 Å². The van der Waals surface area contributed by atoms with Crippen LogP contribution in [0.4, 0.5) is 0 Å². The highest BCUT2D eigenvalue weighted by molar-refractivity contribution is 5.72. The Hall–Kier alpha value is -2.29. The molecule has 2 aromatic rings. The number of hydrogen-bond acceptors (Lipinski definition) is 2. The normalized spacial score (nSPS) is 12.6. The number of unbranched alkanes of at least 4 members (excludes halogenated alkanes) is 2. The number of carboxylic acids is 1. The van der Waals surface area contributed by atoms with E-state index in [9.17, 15) is 9.90 Å². The molecule has 0 heterocycles. The molecule has 0 saturated heterocycles. The summed E-state index contributed by atoms with van der Waals surface area (Å²) in [5.41, 5.74) is 2.61. The first kappa shape index (κ1) is 20.0. The SMILES string of the molecule is CC(C)(C)c1ccc(OC(CCCCCc2ccccc2)C(=O)O)cc1. The average Bonchev–Trinajstić information content (AvgIpc) is 2.61. The van der Waals surface area contributed by atoms with Crippen LogP contribution < -0.4 is 4.74 Å². The van der Waals surface area contributed by atoms with E-state index in [1.807, 2.05) is 30.3 Å². The highest BCUT2D eigenvalue weighted by atomic mass is 16.5. The Kier molecular flexibility index (Phi) is 7.26. The predicted molar refractivity (Wildman–Crippen MR) is 106 cm³/mol. The molecule has 2 rings (SSSR count). The number of aliphatic carboxylic acids is 1. The van der Waals surface area contributed by atoms with Crippen LogP contribution in [0.1, 0.15) is 57.6 Å². The fourth-order valence-corrected chi connectivity index (χ4v) is 2.91. The summed E-state index contributed by atoms with van der Waals surface area (Å²) in [7, 11) is 0. The number of carboxylic acid groups (broad SMARTS) is 1. The van der Waals surface area contributed by atoms with Gasteiger partial charge >= 0.3 is 5.97 Å². The summed E-state index contributed by atoms with van der Waals surface area (Å²) in [5.74, 6) is -0.275. The molecule has 2 aromatic carbocycles. The number of hydrogen-bond donors (Lipinski definition) is 1. The Labute approximate surface area is 157 Å². The number of carbonyl (C=O) groups is 1. The molecular formula is C23H30O3. The van der Waals surface area contributed by atoms with Gasteiger partial charge < -0.3 is 9.84 Å². The topological polar surface area (TPSA) is 46.5 Å². The van der Waals surface area contributed by atoms with Crippen molar-refractivity contribution in [3.8, 4) is 5.75 Å². The van der Waals surface area contributed by atoms with E-state index in [1.165, 1.54) is 11.1 Å². The van der Waals surface area contributed by atoms with Gasteiger partial charge in [0.1, 0.15) is 5.75 Å². The molecule has 0 aliphatic heterocycles. The Bertz CT molecular complexity index is 669. The first-order chi connectivity index (χ1) is 12.4. The van der Waals surface area contributed by atoms with E-state index < -0.39 is 12.1 Å². The predicted octanol–water partition coefficient (Wildman–Crippen LogP) is 5.62. The summed E-state index contributed by atoms with van der Waals surface area (Å²) in [4.78, 5) is 11.5. The van der Waals surface area contributed by atoms with Crippen molar-refractivity contribution in [3.63, 3.8) is 0 Å². The van der Waals surface area contributed by atoms with Gasteiger partial charge in [0, 0.05) is 0 Å². The molecule has 3 nitrogen and oxygen atoms in total. The summed E-state index contributed by atoms with van der Waals surface area (Å²) >= 11 is 0. The number of rotatable bonds is 9. The maximum atomic E-state index is 11.5. The van der Waals surface area contributed by atoms with Gasteiger partial charge in [0.25, 0.3) is 0 Å². The molecule has 1 unspecified atom stereocenters. The van der Waals surface area contributed by atoms with Gasteiger partial charge in [0.15, 0.2) is 6.10 Å².